The van der Waals surface area contributed by atoms with Gasteiger partial charge in [-0.15, -0.1) is 0 Å². The Balaban J connectivity index is 2.04. The maximum atomic E-state index is 12.8. The van der Waals surface area contributed by atoms with E-state index < -0.39 is 6.04 Å². The number of amides is 2. The van der Waals surface area contributed by atoms with Crippen molar-refractivity contribution in [1.29, 1.82) is 0 Å². The summed E-state index contributed by atoms with van der Waals surface area (Å²) in [4.78, 5) is 27.3. The van der Waals surface area contributed by atoms with Crippen molar-refractivity contribution in [2.24, 2.45) is 5.92 Å². The van der Waals surface area contributed by atoms with Crippen LogP contribution in [0, 0.1) is 12.8 Å². The van der Waals surface area contributed by atoms with Crippen LogP contribution in [-0.2, 0) is 4.79 Å². The first kappa shape index (κ1) is 20.7. The van der Waals surface area contributed by atoms with Crippen LogP contribution < -0.4 is 10.6 Å². The van der Waals surface area contributed by atoms with Gasteiger partial charge in [-0.1, -0.05) is 32.0 Å². The number of hydrogen-bond donors (Lipinski definition) is 2. The van der Waals surface area contributed by atoms with E-state index in [1.165, 1.54) is 0 Å². The van der Waals surface area contributed by atoms with Crippen LogP contribution >= 0.6 is 0 Å². The molecule has 0 saturated carbocycles. The second-order valence-corrected chi connectivity index (χ2v) is 7.25. The van der Waals surface area contributed by atoms with E-state index in [1.54, 1.807) is 12.3 Å². The normalized spacial score (nSPS) is 13.4. The van der Waals surface area contributed by atoms with Crippen molar-refractivity contribution in [1.82, 2.24) is 15.5 Å². The monoisotopic (exact) mass is 371 g/mol. The molecule has 1 aromatic carbocycles. The Morgan fingerprint density at radius 2 is 1.81 bits per heavy atom. The Kier molecular flexibility index (Phi) is 7.19. The van der Waals surface area contributed by atoms with Crippen LogP contribution in [0.2, 0.25) is 0 Å². The lowest BCUT2D eigenvalue weighted by Gasteiger charge is -2.26. The van der Waals surface area contributed by atoms with Crippen LogP contribution in [0.4, 0.5) is 0 Å². The quantitative estimate of drug-likeness (QED) is 0.748. The zero-order chi connectivity index (χ0) is 20.0. The molecular formula is C21H29N3O3. The lowest BCUT2D eigenvalue weighted by atomic mass is 10.0. The third-order valence-electron chi connectivity index (χ3n) is 4.59. The first-order valence-electron chi connectivity index (χ1n) is 9.15. The summed E-state index contributed by atoms with van der Waals surface area (Å²) in [5.41, 5.74) is 1.46. The Morgan fingerprint density at radius 1 is 1.11 bits per heavy atom. The molecule has 2 unspecified atom stereocenters. The number of rotatable bonds is 8. The molecule has 0 spiro atoms. The molecule has 2 atom stereocenters. The van der Waals surface area contributed by atoms with Gasteiger partial charge in [0.15, 0.2) is 0 Å². The number of hydrogen-bond acceptors (Lipinski definition) is 4. The molecule has 1 aromatic heterocycles. The van der Waals surface area contributed by atoms with Gasteiger partial charge in [0, 0.05) is 12.1 Å². The maximum Gasteiger partial charge on any atom is 0.252 e. The van der Waals surface area contributed by atoms with Crippen molar-refractivity contribution in [3.05, 3.63) is 59.5 Å². The molecule has 2 aromatic rings. The zero-order valence-corrected chi connectivity index (χ0v) is 16.7. The lowest BCUT2D eigenvalue weighted by molar-refractivity contribution is -0.124. The lowest BCUT2D eigenvalue weighted by Crippen LogP contribution is -2.51. The second kappa shape index (κ2) is 9.37. The number of nitrogens with zero attached hydrogens (tertiary/aromatic N) is 1. The molecule has 0 saturated heterocycles. The molecule has 1 heterocycles. The number of furan rings is 1. The molecule has 0 aliphatic rings. The highest BCUT2D eigenvalue weighted by molar-refractivity contribution is 5.98. The van der Waals surface area contributed by atoms with Crippen molar-refractivity contribution >= 4 is 11.8 Å². The van der Waals surface area contributed by atoms with Crippen molar-refractivity contribution in [2.45, 2.75) is 32.9 Å². The number of likely N-dealkylation sites (N-methyl/N-ethyl adjacent to an activating group) is 1. The summed E-state index contributed by atoms with van der Waals surface area (Å²) in [5.74, 6) is 0.298. The highest BCUT2D eigenvalue weighted by Gasteiger charge is 2.26. The first-order chi connectivity index (χ1) is 12.8. The summed E-state index contributed by atoms with van der Waals surface area (Å²) < 4.78 is 5.47. The minimum Gasteiger partial charge on any atom is -0.468 e. The fourth-order valence-electron chi connectivity index (χ4n) is 2.91. The van der Waals surface area contributed by atoms with Gasteiger partial charge in [-0.05, 0) is 50.7 Å². The summed E-state index contributed by atoms with van der Waals surface area (Å²) in [6, 6.07) is 10.4. The Labute approximate surface area is 160 Å². The standard InChI is InChI=1S/C21H29N3O3/c1-14(2)19(23-20(25)16-10-7-6-9-15(16)3)21(26)22-13-17(24(4)5)18-11-8-12-27-18/h6-12,14,17,19H,13H2,1-5H3,(H,22,26)(H,23,25). The van der Waals surface area contributed by atoms with Gasteiger partial charge in [0.25, 0.3) is 5.91 Å². The molecule has 2 rings (SSSR count). The van der Waals surface area contributed by atoms with Crippen LogP contribution in [-0.4, -0.2) is 43.4 Å². The summed E-state index contributed by atoms with van der Waals surface area (Å²) in [7, 11) is 3.86. The number of nitrogens with one attached hydrogen (secondary N) is 2. The minimum atomic E-state index is -0.614. The largest absolute Gasteiger partial charge is 0.468 e. The van der Waals surface area contributed by atoms with Crippen molar-refractivity contribution in [3.63, 3.8) is 0 Å². The van der Waals surface area contributed by atoms with E-state index >= 15 is 0 Å². The summed E-state index contributed by atoms with van der Waals surface area (Å²) >= 11 is 0. The van der Waals surface area contributed by atoms with Crippen LogP contribution in [0.3, 0.4) is 0 Å². The van der Waals surface area contributed by atoms with E-state index in [9.17, 15) is 9.59 Å². The summed E-state index contributed by atoms with van der Waals surface area (Å²) in [6.45, 7) is 6.10. The Hall–Kier alpha value is -2.60. The number of aryl methyl sites for hydroxylation is 1. The highest BCUT2D eigenvalue weighted by atomic mass is 16.3. The average Bonchev–Trinajstić information content (AvgIpc) is 3.13. The molecule has 6 heteroatoms. The Morgan fingerprint density at radius 3 is 2.37 bits per heavy atom. The predicted octanol–water partition coefficient (Wildman–Crippen LogP) is 2.76. The third kappa shape index (κ3) is 5.44. The highest BCUT2D eigenvalue weighted by Crippen LogP contribution is 2.18. The molecular weight excluding hydrogens is 342 g/mol. The third-order valence-corrected chi connectivity index (χ3v) is 4.59. The van der Waals surface area contributed by atoms with Crippen LogP contribution in [0.5, 0.6) is 0 Å². The molecule has 2 amide bonds. The van der Waals surface area contributed by atoms with Crippen molar-refractivity contribution in [2.75, 3.05) is 20.6 Å². The molecule has 27 heavy (non-hydrogen) atoms. The molecule has 0 radical (unpaired) electrons. The van der Waals surface area contributed by atoms with Gasteiger partial charge >= 0.3 is 0 Å². The van der Waals surface area contributed by atoms with Gasteiger partial charge in [-0.3, -0.25) is 14.5 Å². The average molecular weight is 371 g/mol. The summed E-state index contributed by atoms with van der Waals surface area (Å²) in [5, 5.41) is 5.82. The fourth-order valence-corrected chi connectivity index (χ4v) is 2.91. The second-order valence-electron chi connectivity index (χ2n) is 7.25. The topological polar surface area (TPSA) is 74.6 Å². The van der Waals surface area contributed by atoms with Crippen LogP contribution in [0.25, 0.3) is 0 Å². The number of carbonyl (C=O) groups excluding carboxylic acids is 2. The van der Waals surface area contributed by atoms with E-state index in [0.29, 0.717) is 12.1 Å². The molecule has 146 valence electrons. The van der Waals surface area contributed by atoms with E-state index in [1.807, 2.05) is 70.1 Å². The van der Waals surface area contributed by atoms with Gasteiger partial charge in [0.1, 0.15) is 11.8 Å². The molecule has 6 nitrogen and oxygen atoms in total. The maximum absolute atomic E-state index is 12.8. The number of carbonyl (C=O) groups is 2. The molecule has 0 aliphatic carbocycles. The molecule has 0 aliphatic heterocycles. The van der Waals surface area contributed by atoms with Crippen molar-refractivity contribution < 1.29 is 14.0 Å². The van der Waals surface area contributed by atoms with Gasteiger partial charge in [-0.2, -0.15) is 0 Å². The first-order valence-corrected chi connectivity index (χ1v) is 9.15. The van der Waals surface area contributed by atoms with Gasteiger partial charge in [0.05, 0.1) is 12.3 Å². The van der Waals surface area contributed by atoms with E-state index in [0.717, 1.165) is 11.3 Å². The van der Waals surface area contributed by atoms with Gasteiger partial charge < -0.3 is 15.1 Å². The van der Waals surface area contributed by atoms with E-state index in [4.69, 9.17) is 4.42 Å². The van der Waals surface area contributed by atoms with Crippen molar-refractivity contribution in [3.8, 4) is 0 Å². The summed E-state index contributed by atoms with van der Waals surface area (Å²) in [6.07, 6.45) is 1.62. The van der Waals surface area contributed by atoms with Gasteiger partial charge in [-0.25, -0.2) is 0 Å². The molecule has 0 fully saturated rings. The fraction of sp³-hybridized carbons (Fsp3) is 0.429. The van der Waals surface area contributed by atoms with E-state index in [-0.39, 0.29) is 23.8 Å². The Bertz CT molecular complexity index is 754. The number of benzene rings is 1. The van der Waals surface area contributed by atoms with Crippen LogP contribution in [0.1, 0.15) is 41.6 Å². The van der Waals surface area contributed by atoms with E-state index in [2.05, 4.69) is 10.6 Å². The van der Waals surface area contributed by atoms with Gasteiger partial charge in [0.2, 0.25) is 5.91 Å². The SMILES string of the molecule is Cc1ccccc1C(=O)NC(C(=O)NCC(c1ccco1)N(C)C)C(C)C. The zero-order valence-electron chi connectivity index (χ0n) is 16.7. The minimum absolute atomic E-state index is 0.0422. The molecule has 0 bridgehead atoms. The molecule has 2 N–H and O–H groups in total. The smallest absolute Gasteiger partial charge is 0.252 e. The van der Waals surface area contributed by atoms with Crippen LogP contribution in [0.15, 0.2) is 47.1 Å². The predicted molar refractivity (Wildman–Crippen MR) is 105 cm³/mol.